The maximum Gasteiger partial charge on any atom is 0.317 e. The van der Waals surface area contributed by atoms with Crippen LogP contribution in [-0.2, 0) is 11.2 Å². The summed E-state index contributed by atoms with van der Waals surface area (Å²) in [6, 6.07) is 13.4. The van der Waals surface area contributed by atoms with E-state index in [1.165, 1.54) is 0 Å². The third-order valence-corrected chi connectivity index (χ3v) is 4.70. The van der Waals surface area contributed by atoms with Crippen molar-refractivity contribution >= 4 is 17.6 Å². The van der Waals surface area contributed by atoms with Crippen molar-refractivity contribution in [1.82, 2.24) is 4.90 Å². The van der Waals surface area contributed by atoms with Gasteiger partial charge in [-0.1, -0.05) is 35.6 Å². The molecule has 126 valence electrons. The molecule has 0 saturated carbocycles. The van der Waals surface area contributed by atoms with Gasteiger partial charge in [0.15, 0.2) is 0 Å². The van der Waals surface area contributed by atoms with E-state index in [0.717, 1.165) is 28.9 Å². The number of rotatable bonds is 2. The Bertz CT molecular complexity index is 907. The third-order valence-electron chi connectivity index (χ3n) is 4.46. The van der Waals surface area contributed by atoms with Crippen LogP contribution in [0.25, 0.3) is 0 Å². The van der Waals surface area contributed by atoms with Gasteiger partial charge in [0.05, 0.1) is 6.54 Å². The van der Waals surface area contributed by atoms with E-state index in [9.17, 15) is 4.79 Å². The zero-order chi connectivity index (χ0) is 17.4. The highest BCUT2D eigenvalue weighted by molar-refractivity contribution is 6.30. The standard InChI is InChI=1S/C20H16ClNO3/c21-17-3-1-2-14(8-17)4-5-15-6-7-16-10-20(25-18(16)9-15)12-22(13-20)11-19(23)24/h1-3,6-9H,10-13H2,(H,23,24). The molecule has 0 atom stereocenters. The Morgan fingerprint density at radius 3 is 2.68 bits per heavy atom. The number of carboxylic acids is 1. The molecule has 2 aromatic carbocycles. The second-order valence-electron chi connectivity index (χ2n) is 6.58. The van der Waals surface area contributed by atoms with E-state index >= 15 is 0 Å². The van der Waals surface area contributed by atoms with Gasteiger partial charge < -0.3 is 9.84 Å². The summed E-state index contributed by atoms with van der Waals surface area (Å²) in [5.41, 5.74) is 2.64. The number of aliphatic carboxylic acids is 1. The Balaban J connectivity index is 1.47. The Morgan fingerprint density at radius 2 is 1.96 bits per heavy atom. The molecule has 4 rings (SSSR count). The van der Waals surface area contributed by atoms with Crippen LogP contribution in [0.2, 0.25) is 5.02 Å². The summed E-state index contributed by atoms with van der Waals surface area (Å²) in [5, 5.41) is 9.52. The van der Waals surface area contributed by atoms with Gasteiger partial charge in [-0.15, -0.1) is 0 Å². The van der Waals surface area contributed by atoms with Gasteiger partial charge >= 0.3 is 5.97 Å². The summed E-state index contributed by atoms with van der Waals surface area (Å²) in [5.74, 6) is 6.30. The molecule has 4 nitrogen and oxygen atoms in total. The van der Waals surface area contributed by atoms with Gasteiger partial charge in [-0.3, -0.25) is 9.69 Å². The van der Waals surface area contributed by atoms with Crippen molar-refractivity contribution < 1.29 is 14.6 Å². The zero-order valence-corrected chi connectivity index (χ0v) is 14.2. The van der Waals surface area contributed by atoms with Gasteiger partial charge in [0.2, 0.25) is 0 Å². The van der Waals surface area contributed by atoms with E-state index in [1.807, 2.05) is 47.4 Å². The highest BCUT2D eigenvalue weighted by atomic mass is 35.5. The predicted octanol–water partition coefficient (Wildman–Crippen LogP) is 2.81. The van der Waals surface area contributed by atoms with E-state index < -0.39 is 5.97 Å². The molecule has 0 bridgehead atoms. The number of nitrogens with zero attached hydrogens (tertiary/aromatic N) is 1. The molecule has 1 N–H and O–H groups in total. The summed E-state index contributed by atoms with van der Waals surface area (Å²) in [6.07, 6.45) is 0.820. The first-order valence-corrected chi connectivity index (χ1v) is 8.43. The molecular formula is C20H16ClNO3. The fourth-order valence-corrected chi connectivity index (χ4v) is 3.64. The van der Waals surface area contributed by atoms with E-state index in [4.69, 9.17) is 21.4 Å². The first kappa shape index (κ1) is 16.0. The molecule has 0 aliphatic carbocycles. The molecule has 2 heterocycles. The van der Waals surface area contributed by atoms with Crippen molar-refractivity contribution in [1.29, 1.82) is 0 Å². The minimum Gasteiger partial charge on any atom is -0.484 e. The number of likely N-dealkylation sites (tertiary alicyclic amines) is 1. The second-order valence-corrected chi connectivity index (χ2v) is 7.02. The van der Waals surface area contributed by atoms with E-state index in [0.29, 0.717) is 18.1 Å². The van der Waals surface area contributed by atoms with Crippen molar-refractivity contribution in [3.05, 3.63) is 64.2 Å². The Labute approximate surface area is 151 Å². The monoisotopic (exact) mass is 353 g/mol. The largest absolute Gasteiger partial charge is 0.484 e. The second kappa shape index (κ2) is 6.11. The summed E-state index contributed by atoms with van der Waals surface area (Å²) in [4.78, 5) is 12.7. The first-order valence-electron chi connectivity index (χ1n) is 8.05. The number of fused-ring (bicyclic) bond motifs is 1. The Hall–Kier alpha value is -2.48. The number of ether oxygens (including phenoxy) is 1. The Morgan fingerprint density at radius 1 is 1.20 bits per heavy atom. The van der Waals surface area contributed by atoms with Crippen LogP contribution >= 0.6 is 11.6 Å². The Kier molecular flexibility index (Phi) is 3.91. The lowest BCUT2D eigenvalue weighted by atomic mass is 9.89. The molecule has 2 aromatic rings. The zero-order valence-electron chi connectivity index (χ0n) is 13.5. The molecule has 2 aliphatic rings. The average molecular weight is 354 g/mol. The smallest absolute Gasteiger partial charge is 0.317 e. The van der Waals surface area contributed by atoms with Gasteiger partial charge in [-0.25, -0.2) is 0 Å². The molecule has 0 amide bonds. The number of carbonyl (C=O) groups is 1. The van der Waals surface area contributed by atoms with E-state index in [2.05, 4.69) is 11.8 Å². The van der Waals surface area contributed by atoms with Gasteiger partial charge in [-0.05, 0) is 35.9 Å². The van der Waals surface area contributed by atoms with Crippen LogP contribution in [0.5, 0.6) is 5.75 Å². The number of halogens is 1. The van der Waals surface area contributed by atoms with Crippen molar-refractivity contribution in [3.8, 4) is 17.6 Å². The fourth-order valence-electron chi connectivity index (χ4n) is 3.45. The maximum atomic E-state index is 10.8. The SMILES string of the molecule is O=C(O)CN1CC2(Cc3ccc(C#Cc4cccc(Cl)c4)cc3O2)C1. The van der Waals surface area contributed by atoms with Crippen molar-refractivity contribution in [2.45, 2.75) is 12.0 Å². The molecule has 25 heavy (non-hydrogen) atoms. The van der Waals surface area contributed by atoms with Gasteiger partial charge in [0.25, 0.3) is 0 Å². The van der Waals surface area contributed by atoms with Crippen LogP contribution in [0.15, 0.2) is 42.5 Å². The van der Waals surface area contributed by atoms with Gasteiger partial charge in [-0.2, -0.15) is 0 Å². The number of hydrogen-bond acceptors (Lipinski definition) is 3. The van der Waals surface area contributed by atoms with Crippen molar-refractivity contribution in [2.75, 3.05) is 19.6 Å². The van der Waals surface area contributed by atoms with Crippen LogP contribution in [0, 0.1) is 11.8 Å². The first-order chi connectivity index (χ1) is 12.0. The van der Waals surface area contributed by atoms with Crippen molar-refractivity contribution in [2.24, 2.45) is 0 Å². The highest BCUT2D eigenvalue weighted by Crippen LogP contribution is 2.40. The molecule has 1 saturated heterocycles. The van der Waals surface area contributed by atoms with Crippen LogP contribution in [0.3, 0.4) is 0 Å². The molecule has 0 radical (unpaired) electrons. The molecule has 5 heteroatoms. The highest BCUT2D eigenvalue weighted by Gasteiger charge is 2.49. The summed E-state index contributed by atoms with van der Waals surface area (Å²) in [6.45, 7) is 1.37. The third kappa shape index (κ3) is 3.34. The molecule has 1 fully saturated rings. The summed E-state index contributed by atoms with van der Waals surface area (Å²) in [7, 11) is 0. The normalized spacial score (nSPS) is 17.2. The van der Waals surface area contributed by atoms with E-state index in [1.54, 1.807) is 0 Å². The average Bonchev–Trinajstić information content (AvgIpc) is 2.90. The van der Waals surface area contributed by atoms with Gasteiger partial charge in [0, 0.05) is 35.7 Å². The minimum atomic E-state index is -0.802. The maximum absolute atomic E-state index is 10.8. The van der Waals surface area contributed by atoms with Crippen LogP contribution in [0.4, 0.5) is 0 Å². The number of carboxylic acid groups (broad SMARTS) is 1. The topological polar surface area (TPSA) is 49.8 Å². The van der Waals surface area contributed by atoms with Crippen LogP contribution in [0.1, 0.15) is 16.7 Å². The predicted molar refractivity (Wildman–Crippen MR) is 95.0 cm³/mol. The fraction of sp³-hybridized carbons (Fsp3) is 0.250. The van der Waals surface area contributed by atoms with Crippen molar-refractivity contribution in [3.63, 3.8) is 0 Å². The number of benzene rings is 2. The van der Waals surface area contributed by atoms with Crippen LogP contribution in [-0.4, -0.2) is 41.2 Å². The molecular weight excluding hydrogens is 338 g/mol. The lowest BCUT2D eigenvalue weighted by Crippen LogP contribution is -2.65. The summed E-state index contributed by atoms with van der Waals surface area (Å²) < 4.78 is 6.13. The molecule has 0 unspecified atom stereocenters. The number of hydrogen-bond donors (Lipinski definition) is 1. The minimum absolute atomic E-state index is 0.0673. The quantitative estimate of drug-likeness (QED) is 0.843. The van der Waals surface area contributed by atoms with Crippen LogP contribution < -0.4 is 4.74 Å². The molecule has 0 aromatic heterocycles. The molecule has 1 spiro atoms. The summed E-state index contributed by atoms with van der Waals surface area (Å²) >= 11 is 5.97. The molecule has 2 aliphatic heterocycles. The van der Waals surface area contributed by atoms with E-state index in [-0.39, 0.29) is 12.1 Å². The van der Waals surface area contributed by atoms with Gasteiger partial charge in [0.1, 0.15) is 11.4 Å². The lowest BCUT2D eigenvalue weighted by molar-refractivity contribution is -0.143. The lowest BCUT2D eigenvalue weighted by Gasteiger charge is -2.46.